The summed E-state index contributed by atoms with van der Waals surface area (Å²) in [5.41, 5.74) is 2.97. The number of ether oxygens (including phenoxy) is 3. The van der Waals surface area contributed by atoms with Gasteiger partial charge in [-0.25, -0.2) is 0 Å². The Morgan fingerprint density at radius 2 is 1.68 bits per heavy atom. The summed E-state index contributed by atoms with van der Waals surface area (Å²) in [5, 5.41) is 4.07. The molecule has 1 N–H and O–H groups in total. The van der Waals surface area contributed by atoms with Crippen LogP contribution in [0, 0.1) is 6.92 Å². The first-order chi connectivity index (χ1) is 10.6. The number of hydrogen-bond acceptors (Lipinski definition) is 4. The number of aryl methyl sites for hydroxylation is 1. The average Bonchev–Trinajstić information content (AvgIpc) is 2.54. The van der Waals surface area contributed by atoms with Crippen LogP contribution in [0.15, 0.2) is 30.3 Å². The molecule has 0 fully saturated rings. The van der Waals surface area contributed by atoms with Gasteiger partial charge in [0.05, 0.1) is 21.3 Å². The Bertz CT molecular complexity index is 659. The molecule has 0 aliphatic rings. The Balaban J connectivity index is 2.23. The zero-order chi connectivity index (χ0) is 16.1. The Morgan fingerprint density at radius 1 is 0.955 bits per heavy atom. The summed E-state index contributed by atoms with van der Waals surface area (Å²) >= 11 is 6.14. The Hall–Kier alpha value is -2.07. The number of nitrogens with one attached hydrogen (secondary N) is 1. The molecule has 118 valence electrons. The van der Waals surface area contributed by atoms with Crippen molar-refractivity contribution in [2.75, 3.05) is 26.6 Å². The lowest BCUT2D eigenvalue weighted by Gasteiger charge is -2.16. The third-order valence-electron chi connectivity index (χ3n) is 3.44. The molecule has 0 aromatic heterocycles. The molecule has 2 aromatic rings. The summed E-state index contributed by atoms with van der Waals surface area (Å²) in [6.07, 6.45) is 0. The van der Waals surface area contributed by atoms with Gasteiger partial charge < -0.3 is 19.5 Å². The van der Waals surface area contributed by atoms with Gasteiger partial charge in [0.25, 0.3) is 0 Å². The van der Waals surface area contributed by atoms with Gasteiger partial charge in [-0.15, -0.1) is 0 Å². The molecular weight excluding hydrogens is 302 g/mol. The molecule has 2 aromatic carbocycles. The first kappa shape index (κ1) is 16.3. The van der Waals surface area contributed by atoms with Gasteiger partial charge in [-0.2, -0.15) is 0 Å². The molecule has 0 aliphatic carbocycles. The molecule has 0 atom stereocenters. The first-order valence-corrected chi connectivity index (χ1v) is 7.26. The summed E-state index contributed by atoms with van der Waals surface area (Å²) in [6, 6.07) is 9.69. The number of hydrogen-bond donors (Lipinski definition) is 1. The van der Waals surface area contributed by atoms with Crippen LogP contribution in [0.5, 0.6) is 17.2 Å². The first-order valence-electron chi connectivity index (χ1n) is 6.88. The molecule has 0 bridgehead atoms. The van der Waals surface area contributed by atoms with Gasteiger partial charge in [-0.1, -0.05) is 17.7 Å². The standard InChI is InChI=1S/C17H20ClNO3/c1-11-5-7-13(9-14(11)18)19-10-12-6-8-15(20-2)17(22-4)16(12)21-3/h5-9,19H,10H2,1-4H3. The average molecular weight is 322 g/mol. The maximum Gasteiger partial charge on any atom is 0.203 e. The number of halogens is 1. The van der Waals surface area contributed by atoms with Crippen LogP contribution in [-0.4, -0.2) is 21.3 Å². The van der Waals surface area contributed by atoms with E-state index in [-0.39, 0.29) is 0 Å². The van der Waals surface area contributed by atoms with E-state index >= 15 is 0 Å². The molecule has 0 saturated carbocycles. The van der Waals surface area contributed by atoms with Gasteiger partial charge in [0.1, 0.15) is 0 Å². The fraction of sp³-hybridized carbons (Fsp3) is 0.294. The normalized spacial score (nSPS) is 10.2. The van der Waals surface area contributed by atoms with Crippen LogP contribution < -0.4 is 19.5 Å². The minimum absolute atomic E-state index is 0.586. The van der Waals surface area contributed by atoms with Crippen molar-refractivity contribution in [3.05, 3.63) is 46.5 Å². The fourth-order valence-electron chi connectivity index (χ4n) is 2.20. The monoisotopic (exact) mass is 321 g/mol. The van der Waals surface area contributed by atoms with Crippen LogP contribution in [0.3, 0.4) is 0 Å². The second kappa shape index (κ2) is 7.27. The molecule has 2 rings (SSSR count). The molecule has 0 amide bonds. The summed E-state index contributed by atoms with van der Waals surface area (Å²) in [7, 11) is 4.81. The highest BCUT2D eigenvalue weighted by Crippen LogP contribution is 2.40. The van der Waals surface area contributed by atoms with Crippen molar-refractivity contribution in [2.24, 2.45) is 0 Å². The van der Waals surface area contributed by atoms with E-state index < -0.39 is 0 Å². The van der Waals surface area contributed by atoms with Crippen LogP contribution in [0.25, 0.3) is 0 Å². The maximum absolute atomic E-state index is 6.14. The largest absolute Gasteiger partial charge is 0.493 e. The van der Waals surface area contributed by atoms with Crippen LogP contribution in [0.1, 0.15) is 11.1 Å². The van der Waals surface area contributed by atoms with Crippen LogP contribution in [0.2, 0.25) is 5.02 Å². The summed E-state index contributed by atoms with van der Waals surface area (Å²) in [5.74, 6) is 1.89. The number of anilines is 1. The zero-order valence-electron chi connectivity index (χ0n) is 13.2. The molecule has 0 heterocycles. The van der Waals surface area contributed by atoms with E-state index in [9.17, 15) is 0 Å². The van der Waals surface area contributed by atoms with Gasteiger partial charge in [-0.05, 0) is 36.8 Å². The highest BCUT2D eigenvalue weighted by molar-refractivity contribution is 6.31. The van der Waals surface area contributed by atoms with Gasteiger partial charge >= 0.3 is 0 Å². The Labute approximate surface area is 136 Å². The lowest BCUT2D eigenvalue weighted by atomic mass is 10.1. The van der Waals surface area contributed by atoms with Crippen LogP contribution in [-0.2, 0) is 6.54 Å². The van der Waals surface area contributed by atoms with Crippen molar-refractivity contribution < 1.29 is 14.2 Å². The molecule has 0 spiro atoms. The topological polar surface area (TPSA) is 39.7 Å². The third kappa shape index (κ3) is 3.39. The Morgan fingerprint density at radius 3 is 2.27 bits per heavy atom. The van der Waals surface area contributed by atoms with E-state index in [1.165, 1.54) is 0 Å². The van der Waals surface area contributed by atoms with Crippen LogP contribution >= 0.6 is 11.6 Å². The quantitative estimate of drug-likeness (QED) is 0.861. The van der Waals surface area contributed by atoms with E-state index in [1.807, 2.05) is 37.3 Å². The molecule has 22 heavy (non-hydrogen) atoms. The van der Waals surface area contributed by atoms with E-state index in [0.29, 0.717) is 23.8 Å². The third-order valence-corrected chi connectivity index (χ3v) is 3.85. The zero-order valence-corrected chi connectivity index (χ0v) is 14.0. The predicted octanol–water partition coefficient (Wildman–Crippen LogP) is 4.29. The molecular formula is C17H20ClNO3. The molecule has 0 unspecified atom stereocenters. The molecule has 0 saturated heterocycles. The predicted molar refractivity (Wildman–Crippen MR) is 89.6 cm³/mol. The summed E-state index contributed by atoms with van der Waals surface area (Å²) < 4.78 is 16.1. The van der Waals surface area contributed by atoms with E-state index in [1.54, 1.807) is 21.3 Å². The van der Waals surface area contributed by atoms with Crippen molar-refractivity contribution in [3.8, 4) is 17.2 Å². The molecule has 0 radical (unpaired) electrons. The van der Waals surface area contributed by atoms with E-state index in [2.05, 4.69) is 5.32 Å². The van der Waals surface area contributed by atoms with Crippen molar-refractivity contribution in [3.63, 3.8) is 0 Å². The van der Waals surface area contributed by atoms with Crippen molar-refractivity contribution in [1.29, 1.82) is 0 Å². The minimum atomic E-state index is 0.586. The summed E-state index contributed by atoms with van der Waals surface area (Å²) in [6.45, 7) is 2.56. The highest BCUT2D eigenvalue weighted by Gasteiger charge is 2.15. The molecule has 4 nitrogen and oxygen atoms in total. The SMILES string of the molecule is COc1ccc(CNc2ccc(C)c(Cl)c2)c(OC)c1OC. The highest BCUT2D eigenvalue weighted by atomic mass is 35.5. The Kier molecular flexibility index (Phi) is 5.39. The van der Waals surface area contributed by atoms with E-state index in [0.717, 1.165) is 21.8 Å². The second-order valence-corrected chi connectivity index (χ2v) is 5.22. The van der Waals surface area contributed by atoms with E-state index in [4.69, 9.17) is 25.8 Å². The second-order valence-electron chi connectivity index (χ2n) is 4.81. The minimum Gasteiger partial charge on any atom is -0.493 e. The van der Waals surface area contributed by atoms with Gasteiger partial charge in [-0.3, -0.25) is 0 Å². The van der Waals surface area contributed by atoms with Crippen molar-refractivity contribution in [2.45, 2.75) is 13.5 Å². The smallest absolute Gasteiger partial charge is 0.203 e. The van der Waals surface area contributed by atoms with Crippen LogP contribution in [0.4, 0.5) is 5.69 Å². The molecule has 5 heteroatoms. The van der Waals surface area contributed by atoms with Gasteiger partial charge in [0, 0.05) is 22.8 Å². The molecule has 0 aliphatic heterocycles. The number of methoxy groups -OCH3 is 3. The number of rotatable bonds is 6. The number of benzene rings is 2. The van der Waals surface area contributed by atoms with Gasteiger partial charge in [0.15, 0.2) is 11.5 Å². The summed E-state index contributed by atoms with van der Waals surface area (Å²) in [4.78, 5) is 0. The fourth-order valence-corrected chi connectivity index (χ4v) is 2.38. The van der Waals surface area contributed by atoms with Gasteiger partial charge in [0.2, 0.25) is 5.75 Å². The lowest BCUT2D eigenvalue weighted by Crippen LogP contribution is -2.04. The maximum atomic E-state index is 6.14. The van der Waals surface area contributed by atoms with Crippen molar-refractivity contribution >= 4 is 17.3 Å². The van der Waals surface area contributed by atoms with Crippen molar-refractivity contribution in [1.82, 2.24) is 0 Å². The lowest BCUT2D eigenvalue weighted by molar-refractivity contribution is 0.322.